The number of rotatable bonds is 3. The Labute approximate surface area is 118 Å². The smallest absolute Gasteiger partial charge is 0.406 e. The summed E-state index contributed by atoms with van der Waals surface area (Å²) >= 11 is 12.1. The molecule has 7 heteroatoms. The van der Waals surface area contributed by atoms with Crippen LogP contribution in [0.25, 0.3) is 11.3 Å². The first-order valence-corrected chi connectivity index (χ1v) is 5.94. The highest BCUT2D eigenvalue weighted by atomic mass is 35.5. The Balaban J connectivity index is 2.64. The minimum absolute atomic E-state index is 0.0805. The second kappa shape index (κ2) is 5.42. The predicted octanol–water partition coefficient (Wildman–Crippen LogP) is 3.97. The van der Waals surface area contributed by atoms with Crippen molar-refractivity contribution in [3.63, 3.8) is 0 Å². The molecule has 0 aliphatic heterocycles. The number of hydrogen-bond donors (Lipinski definition) is 0. The fourth-order valence-electron chi connectivity index (χ4n) is 1.61. The molecule has 1 heterocycles. The maximum absolute atomic E-state index is 10.9. The molecule has 1 aromatic heterocycles. The van der Waals surface area contributed by atoms with E-state index in [2.05, 4.69) is 4.98 Å². The van der Waals surface area contributed by atoms with Crippen molar-refractivity contribution < 1.29 is 9.66 Å². The van der Waals surface area contributed by atoms with E-state index in [1.165, 1.54) is 13.2 Å². The lowest BCUT2D eigenvalue weighted by molar-refractivity contribution is -0.390. The van der Waals surface area contributed by atoms with Gasteiger partial charge in [-0.25, -0.2) is 0 Å². The number of pyridine rings is 1. The van der Waals surface area contributed by atoms with Crippen LogP contribution in [0.2, 0.25) is 10.0 Å². The number of nitrogens with zero attached hydrogens (tertiary/aromatic N) is 2. The summed E-state index contributed by atoms with van der Waals surface area (Å²) in [6.07, 6.45) is 0. The van der Waals surface area contributed by atoms with Crippen molar-refractivity contribution in [3.8, 4) is 17.0 Å². The van der Waals surface area contributed by atoms with Crippen LogP contribution in [0.4, 0.5) is 5.82 Å². The predicted molar refractivity (Wildman–Crippen MR) is 72.9 cm³/mol. The van der Waals surface area contributed by atoms with Gasteiger partial charge in [-0.15, -0.1) is 0 Å². The van der Waals surface area contributed by atoms with Gasteiger partial charge >= 0.3 is 5.82 Å². The lowest BCUT2D eigenvalue weighted by atomic mass is 10.1. The number of benzene rings is 1. The van der Waals surface area contributed by atoms with Crippen LogP contribution in [0.3, 0.4) is 0 Å². The molecule has 1 aromatic carbocycles. The lowest BCUT2D eigenvalue weighted by Crippen LogP contribution is -1.98. The van der Waals surface area contributed by atoms with E-state index in [1.54, 1.807) is 24.3 Å². The van der Waals surface area contributed by atoms with Gasteiger partial charge in [0.1, 0.15) is 0 Å². The van der Waals surface area contributed by atoms with E-state index in [0.29, 0.717) is 21.3 Å². The monoisotopic (exact) mass is 298 g/mol. The second-order valence-corrected chi connectivity index (χ2v) is 4.39. The molecule has 0 N–H and O–H groups in total. The van der Waals surface area contributed by atoms with Crippen LogP contribution < -0.4 is 4.74 Å². The van der Waals surface area contributed by atoms with Gasteiger partial charge in [-0.2, -0.15) is 0 Å². The molecule has 0 spiro atoms. The average Bonchev–Trinajstić information content (AvgIpc) is 2.38. The topological polar surface area (TPSA) is 65.3 Å². The third-order valence-electron chi connectivity index (χ3n) is 2.45. The molecule has 0 aliphatic carbocycles. The summed E-state index contributed by atoms with van der Waals surface area (Å²) in [5, 5.41) is 11.7. The minimum atomic E-state index is -0.618. The van der Waals surface area contributed by atoms with Gasteiger partial charge in [0.2, 0.25) is 5.75 Å². The molecule has 0 saturated heterocycles. The zero-order valence-electron chi connectivity index (χ0n) is 9.76. The molecule has 0 bridgehead atoms. The summed E-state index contributed by atoms with van der Waals surface area (Å²) in [5.74, 6) is -0.298. The highest BCUT2D eigenvalue weighted by Gasteiger charge is 2.21. The largest absolute Gasteiger partial charge is 0.489 e. The first-order valence-electron chi connectivity index (χ1n) is 5.18. The molecular weight excluding hydrogens is 291 g/mol. The molecule has 5 nitrogen and oxygen atoms in total. The first-order chi connectivity index (χ1) is 9.04. The fraction of sp³-hybridized carbons (Fsp3) is 0.0833. The Morgan fingerprint density at radius 2 is 1.84 bits per heavy atom. The van der Waals surface area contributed by atoms with Crippen molar-refractivity contribution >= 4 is 29.0 Å². The third-order valence-corrected chi connectivity index (χ3v) is 3.08. The summed E-state index contributed by atoms with van der Waals surface area (Å²) < 4.78 is 4.89. The molecule has 0 atom stereocenters. The Hall–Kier alpha value is -1.85. The van der Waals surface area contributed by atoms with Gasteiger partial charge in [-0.1, -0.05) is 29.3 Å². The standard InChI is InChI=1S/C12H8Cl2N2O3/c1-19-10-6-5-9(15-12(10)16(17)18)11-7(13)3-2-4-8(11)14/h2-6H,1H3. The highest BCUT2D eigenvalue weighted by molar-refractivity contribution is 6.39. The minimum Gasteiger partial charge on any atom is -0.489 e. The van der Waals surface area contributed by atoms with Gasteiger partial charge in [-0.3, -0.25) is 0 Å². The van der Waals surface area contributed by atoms with Crippen molar-refractivity contribution in [3.05, 3.63) is 50.5 Å². The van der Waals surface area contributed by atoms with E-state index in [1.807, 2.05) is 0 Å². The van der Waals surface area contributed by atoms with Crippen LogP contribution in [0.1, 0.15) is 0 Å². The molecule has 2 aromatic rings. The molecule has 0 fully saturated rings. The zero-order valence-corrected chi connectivity index (χ0v) is 11.3. The van der Waals surface area contributed by atoms with Crippen LogP contribution in [-0.2, 0) is 0 Å². The maximum Gasteiger partial charge on any atom is 0.406 e. The molecule has 2 rings (SSSR count). The van der Waals surface area contributed by atoms with Gasteiger partial charge in [0, 0.05) is 0 Å². The molecular formula is C12H8Cl2N2O3. The van der Waals surface area contributed by atoms with Crippen LogP contribution in [0.5, 0.6) is 5.75 Å². The number of halogens is 2. The summed E-state index contributed by atoms with van der Waals surface area (Å²) in [6, 6.07) is 7.99. The molecule has 0 unspecified atom stereocenters. The maximum atomic E-state index is 10.9. The summed E-state index contributed by atoms with van der Waals surface area (Å²) in [6.45, 7) is 0. The molecule has 0 amide bonds. The first kappa shape index (κ1) is 13.6. The highest BCUT2D eigenvalue weighted by Crippen LogP contribution is 2.36. The van der Waals surface area contributed by atoms with E-state index in [4.69, 9.17) is 27.9 Å². The van der Waals surface area contributed by atoms with E-state index in [0.717, 1.165) is 0 Å². The number of hydrogen-bond acceptors (Lipinski definition) is 4. The summed E-state index contributed by atoms with van der Waals surface area (Å²) in [5.41, 5.74) is 0.777. The Morgan fingerprint density at radius 1 is 1.21 bits per heavy atom. The number of ether oxygens (including phenoxy) is 1. The third kappa shape index (κ3) is 2.62. The normalized spacial score (nSPS) is 10.3. The van der Waals surface area contributed by atoms with Gasteiger partial charge in [0.25, 0.3) is 0 Å². The van der Waals surface area contributed by atoms with E-state index >= 15 is 0 Å². The van der Waals surface area contributed by atoms with Gasteiger partial charge in [0.05, 0.1) is 22.7 Å². The number of aromatic nitrogens is 1. The van der Waals surface area contributed by atoms with Crippen molar-refractivity contribution in [2.45, 2.75) is 0 Å². The Morgan fingerprint density at radius 3 is 2.37 bits per heavy atom. The van der Waals surface area contributed by atoms with Crippen LogP contribution in [-0.4, -0.2) is 17.0 Å². The Kier molecular flexibility index (Phi) is 3.87. The van der Waals surface area contributed by atoms with Crippen LogP contribution >= 0.6 is 23.2 Å². The van der Waals surface area contributed by atoms with Crippen molar-refractivity contribution in [2.24, 2.45) is 0 Å². The van der Waals surface area contributed by atoms with E-state index in [9.17, 15) is 10.1 Å². The molecule has 0 saturated carbocycles. The van der Waals surface area contributed by atoms with Crippen molar-refractivity contribution in [1.29, 1.82) is 0 Å². The number of nitro groups is 1. The zero-order chi connectivity index (χ0) is 14.0. The molecule has 0 aliphatic rings. The quantitative estimate of drug-likeness (QED) is 0.635. The van der Waals surface area contributed by atoms with Crippen molar-refractivity contribution in [1.82, 2.24) is 4.98 Å². The summed E-state index contributed by atoms with van der Waals surface area (Å²) in [7, 11) is 1.34. The van der Waals surface area contributed by atoms with E-state index in [-0.39, 0.29) is 11.6 Å². The van der Waals surface area contributed by atoms with E-state index < -0.39 is 4.92 Å². The fourth-order valence-corrected chi connectivity index (χ4v) is 2.20. The van der Waals surface area contributed by atoms with Crippen LogP contribution in [0.15, 0.2) is 30.3 Å². The molecule has 19 heavy (non-hydrogen) atoms. The van der Waals surface area contributed by atoms with Gasteiger partial charge in [0.15, 0.2) is 5.69 Å². The van der Waals surface area contributed by atoms with Crippen molar-refractivity contribution in [2.75, 3.05) is 7.11 Å². The van der Waals surface area contributed by atoms with Gasteiger partial charge in [-0.05, 0) is 34.2 Å². The molecule has 0 radical (unpaired) electrons. The molecule has 98 valence electrons. The Bertz CT molecular complexity index is 627. The van der Waals surface area contributed by atoms with Crippen LogP contribution in [0, 0.1) is 10.1 Å². The second-order valence-electron chi connectivity index (χ2n) is 3.58. The SMILES string of the molecule is COc1ccc(-c2c(Cl)cccc2Cl)nc1[N+](=O)[O-]. The average molecular weight is 299 g/mol. The lowest BCUT2D eigenvalue weighted by Gasteiger charge is -2.05. The number of methoxy groups -OCH3 is 1. The van der Waals surface area contributed by atoms with Gasteiger partial charge < -0.3 is 14.9 Å². The summed E-state index contributed by atoms with van der Waals surface area (Å²) in [4.78, 5) is 14.3.